The molecule has 0 bridgehead atoms. The zero-order valence-corrected chi connectivity index (χ0v) is 8.96. The standard InChI is InChI=1S/C8H12ClN3O2/c1-8(2,3)12(7(13)14)5-4-10-11-6(5)9/h4H,1-3H3,(H,10,11)(H,13,14). The summed E-state index contributed by atoms with van der Waals surface area (Å²) in [5, 5.41) is 15.4. The molecule has 0 aliphatic carbocycles. The van der Waals surface area contributed by atoms with Gasteiger partial charge in [-0.25, -0.2) is 4.79 Å². The van der Waals surface area contributed by atoms with Crippen molar-refractivity contribution in [2.24, 2.45) is 0 Å². The maximum absolute atomic E-state index is 11.0. The van der Waals surface area contributed by atoms with E-state index in [1.54, 1.807) is 20.8 Å². The third-order valence-electron chi connectivity index (χ3n) is 1.68. The van der Waals surface area contributed by atoms with Crippen molar-refractivity contribution in [3.63, 3.8) is 0 Å². The topological polar surface area (TPSA) is 69.2 Å². The minimum atomic E-state index is -1.05. The van der Waals surface area contributed by atoms with E-state index >= 15 is 0 Å². The van der Waals surface area contributed by atoms with Gasteiger partial charge in [0.2, 0.25) is 0 Å². The number of anilines is 1. The van der Waals surface area contributed by atoms with E-state index in [4.69, 9.17) is 16.7 Å². The number of hydrogen-bond acceptors (Lipinski definition) is 2. The van der Waals surface area contributed by atoms with E-state index in [1.165, 1.54) is 11.1 Å². The van der Waals surface area contributed by atoms with Gasteiger partial charge in [0, 0.05) is 11.7 Å². The van der Waals surface area contributed by atoms with Gasteiger partial charge in [0.15, 0.2) is 5.15 Å². The monoisotopic (exact) mass is 217 g/mol. The number of nitrogens with one attached hydrogen (secondary N) is 1. The van der Waals surface area contributed by atoms with Crippen LogP contribution in [0.25, 0.3) is 0 Å². The van der Waals surface area contributed by atoms with Crippen LogP contribution in [0.4, 0.5) is 10.5 Å². The van der Waals surface area contributed by atoms with Crippen LogP contribution in [-0.2, 0) is 0 Å². The summed E-state index contributed by atoms with van der Waals surface area (Å²) >= 11 is 5.74. The molecule has 1 aromatic heterocycles. The summed E-state index contributed by atoms with van der Waals surface area (Å²) in [5.41, 5.74) is -0.189. The highest BCUT2D eigenvalue weighted by molar-refractivity contribution is 6.32. The number of H-pyrrole nitrogens is 1. The minimum Gasteiger partial charge on any atom is -0.465 e. The van der Waals surface area contributed by atoms with Crippen molar-refractivity contribution in [1.82, 2.24) is 10.2 Å². The first-order chi connectivity index (χ1) is 6.34. The van der Waals surface area contributed by atoms with Crippen molar-refractivity contribution >= 4 is 23.4 Å². The number of nitrogens with zero attached hydrogens (tertiary/aromatic N) is 2. The first-order valence-electron chi connectivity index (χ1n) is 4.06. The molecule has 2 N–H and O–H groups in total. The lowest BCUT2D eigenvalue weighted by Gasteiger charge is -2.31. The molecule has 5 nitrogen and oxygen atoms in total. The molecule has 1 rings (SSSR count). The number of amides is 1. The van der Waals surface area contributed by atoms with Crippen molar-refractivity contribution in [2.45, 2.75) is 26.3 Å². The molecule has 1 heterocycles. The zero-order chi connectivity index (χ0) is 10.9. The van der Waals surface area contributed by atoms with Gasteiger partial charge in [-0.1, -0.05) is 11.6 Å². The van der Waals surface area contributed by atoms with Gasteiger partial charge in [-0.05, 0) is 20.8 Å². The summed E-state index contributed by atoms with van der Waals surface area (Å²) in [6.07, 6.45) is 0.405. The van der Waals surface area contributed by atoms with E-state index in [1.807, 2.05) is 0 Å². The zero-order valence-electron chi connectivity index (χ0n) is 8.21. The van der Waals surface area contributed by atoms with Gasteiger partial charge in [-0.3, -0.25) is 10.00 Å². The smallest absolute Gasteiger partial charge is 0.412 e. The molecule has 0 saturated carbocycles. The Morgan fingerprint density at radius 1 is 1.64 bits per heavy atom. The number of hydrogen-bond donors (Lipinski definition) is 2. The van der Waals surface area contributed by atoms with Crippen molar-refractivity contribution < 1.29 is 9.90 Å². The molecule has 0 unspecified atom stereocenters. The lowest BCUT2D eigenvalue weighted by Crippen LogP contribution is -2.45. The molecule has 1 amide bonds. The van der Waals surface area contributed by atoms with Crippen LogP contribution in [0.1, 0.15) is 20.8 Å². The van der Waals surface area contributed by atoms with Crippen molar-refractivity contribution in [2.75, 3.05) is 4.90 Å². The summed E-state index contributed by atoms with van der Waals surface area (Å²) in [4.78, 5) is 12.2. The summed E-state index contributed by atoms with van der Waals surface area (Å²) in [6, 6.07) is 0. The third-order valence-corrected chi connectivity index (χ3v) is 1.96. The summed E-state index contributed by atoms with van der Waals surface area (Å²) in [5.74, 6) is 0. The van der Waals surface area contributed by atoms with Gasteiger partial charge in [-0.2, -0.15) is 5.10 Å². The normalized spacial score (nSPS) is 11.4. The Morgan fingerprint density at radius 2 is 2.21 bits per heavy atom. The molecule has 0 aliphatic heterocycles. The van der Waals surface area contributed by atoms with E-state index in [0.29, 0.717) is 5.69 Å². The van der Waals surface area contributed by atoms with Gasteiger partial charge in [0.05, 0.1) is 0 Å². The molecule has 78 valence electrons. The van der Waals surface area contributed by atoms with E-state index in [2.05, 4.69) is 10.2 Å². The number of carboxylic acid groups (broad SMARTS) is 1. The predicted molar refractivity (Wildman–Crippen MR) is 53.9 cm³/mol. The second kappa shape index (κ2) is 3.49. The third kappa shape index (κ3) is 1.98. The highest BCUT2D eigenvalue weighted by Crippen LogP contribution is 2.28. The summed E-state index contributed by atoms with van der Waals surface area (Å²) in [6.45, 7) is 5.35. The first kappa shape index (κ1) is 10.8. The fourth-order valence-electron chi connectivity index (χ4n) is 1.18. The number of halogens is 1. The van der Waals surface area contributed by atoms with Gasteiger partial charge >= 0.3 is 6.09 Å². The highest BCUT2D eigenvalue weighted by Gasteiger charge is 2.30. The maximum Gasteiger partial charge on any atom is 0.412 e. The Balaban J connectivity index is 3.14. The molecular formula is C8H12ClN3O2. The fourth-order valence-corrected chi connectivity index (χ4v) is 1.36. The summed E-state index contributed by atoms with van der Waals surface area (Å²) in [7, 11) is 0. The maximum atomic E-state index is 11.0. The van der Waals surface area contributed by atoms with Gasteiger partial charge < -0.3 is 5.11 Å². The van der Waals surface area contributed by atoms with Crippen LogP contribution < -0.4 is 4.90 Å². The average molecular weight is 218 g/mol. The molecule has 0 spiro atoms. The Kier molecular flexibility index (Phi) is 2.71. The largest absolute Gasteiger partial charge is 0.465 e. The van der Waals surface area contributed by atoms with Crippen LogP contribution in [0.3, 0.4) is 0 Å². The number of rotatable bonds is 1. The van der Waals surface area contributed by atoms with Crippen LogP contribution in [0.5, 0.6) is 0 Å². The Morgan fingerprint density at radius 3 is 2.50 bits per heavy atom. The van der Waals surface area contributed by atoms with Crippen LogP contribution in [0, 0.1) is 0 Å². The lowest BCUT2D eigenvalue weighted by atomic mass is 10.1. The number of aromatic nitrogens is 2. The molecule has 6 heteroatoms. The molecule has 0 saturated heterocycles. The van der Waals surface area contributed by atoms with Crippen molar-refractivity contribution in [3.05, 3.63) is 11.3 Å². The second-order valence-electron chi connectivity index (χ2n) is 3.85. The molecule has 0 atom stereocenters. The summed E-state index contributed by atoms with van der Waals surface area (Å²) < 4.78 is 0. The fraction of sp³-hybridized carbons (Fsp3) is 0.500. The molecule has 1 aromatic rings. The van der Waals surface area contributed by atoms with Crippen LogP contribution >= 0.6 is 11.6 Å². The lowest BCUT2D eigenvalue weighted by molar-refractivity contribution is 0.195. The van der Waals surface area contributed by atoms with E-state index < -0.39 is 11.6 Å². The molecule has 0 fully saturated rings. The van der Waals surface area contributed by atoms with Crippen LogP contribution in [0.15, 0.2) is 6.20 Å². The van der Waals surface area contributed by atoms with Crippen LogP contribution in [0.2, 0.25) is 5.15 Å². The minimum absolute atomic E-state index is 0.155. The van der Waals surface area contributed by atoms with Gasteiger partial charge in [-0.15, -0.1) is 0 Å². The van der Waals surface area contributed by atoms with Gasteiger partial charge in [0.25, 0.3) is 0 Å². The Hall–Kier alpha value is -1.23. The molecule has 0 aliphatic rings. The van der Waals surface area contributed by atoms with Crippen molar-refractivity contribution in [1.29, 1.82) is 0 Å². The molecule has 0 radical (unpaired) electrons. The Bertz CT molecular complexity index is 343. The predicted octanol–water partition coefficient (Wildman–Crippen LogP) is 2.35. The molecule has 0 aromatic carbocycles. The first-order valence-corrected chi connectivity index (χ1v) is 4.44. The second-order valence-corrected chi connectivity index (χ2v) is 4.21. The quantitative estimate of drug-likeness (QED) is 0.759. The average Bonchev–Trinajstić information content (AvgIpc) is 2.32. The Labute approximate surface area is 86.7 Å². The number of carbonyl (C=O) groups is 1. The highest BCUT2D eigenvalue weighted by atomic mass is 35.5. The molecule has 14 heavy (non-hydrogen) atoms. The van der Waals surface area contributed by atoms with Crippen LogP contribution in [-0.4, -0.2) is 26.9 Å². The number of aromatic amines is 1. The van der Waals surface area contributed by atoms with Gasteiger partial charge in [0.1, 0.15) is 5.69 Å². The van der Waals surface area contributed by atoms with E-state index in [0.717, 1.165) is 0 Å². The SMILES string of the molecule is CC(C)(C)N(C(=O)O)c1c[nH]nc1Cl. The molecular weight excluding hydrogens is 206 g/mol. The van der Waals surface area contributed by atoms with E-state index in [-0.39, 0.29) is 5.15 Å². The van der Waals surface area contributed by atoms with E-state index in [9.17, 15) is 4.79 Å². The van der Waals surface area contributed by atoms with Crippen molar-refractivity contribution in [3.8, 4) is 0 Å².